The van der Waals surface area contributed by atoms with Crippen LogP contribution in [0.1, 0.15) is 5.56 Å². The van der Waals surface area contributed by atoms with Crippen molar-refractivity contribution in [3.05, 3.63) is 23.8 Å². The molecule has 16 heavy (non-hydrogen) atoms. The van der Waals surface area contributed by atoms with E-state index < -0.39 is 21.8 Å². The molecule has 0 spiro atoms. The van der Waals surface area contributed by atoms with Gasteiger partial charge in [-0.2, -0.15) is 0 Å². The lowest BCUT2D eigenvalue weighted by Crippen LogP contribution is -2.34. The molecule has 90 valence electrons. The molecule has 0 amide bonds. The van der Waals surface area contributed by atoms with Crippen LogP contribution in [0.4, 0.5) is 0 Å². The molecular formula is C10H15NO4S. The number of hydrogen-bond donors (Lipinski definition) is 2. The molecule has 0 aliphatic carbocycles. The van der Waals surface area contributed by atoms with E-state index in [9.17, 15) is 8.42 Å². The second-order valence-electron chi connectivity index (χ2n) is 3.40. The average Bonchev–Trinajstić information content (AvgIpc) is 2.27. The second-order valence-corrected chi connectivity index (χ2v) is 5.56. The van der Waals surface area contributed by atoms with E-state index in [-0.39, 0.29) is 4.90 Å². The molecule has 6 heteroatoms. The Bertz CT molecular complexity index is 470. The van der Waals surface area contributed by atoms with Crippen molar-refractivity contribution >= 4 is 9.84 Å². The lowest BCUT2D eigenvalue weighted by atomic mass is 10.2. The summed E-state index contributed by atoms with van der Waals surface area (Å²) in [5.41, 5.74) is 6.04. The van der Waals surface area contributed by atoms with Gasteiger partial charge >= 0.3 is 0 Å². The van der Waals surface area contributed by atoms with Crippen LogP contribution in [-0.2, 0) is 9.84 Å². The van der Waals surface area contributed by atoms with Gasteiger partial charge in [0.05, 0.1) is 18.6 Å². The van der Waals surface area contributed by atoms with Crippen molar-refractivity contribution in [3.63, 3.8) is 0 Å². The molecule has 3 N–H and O–H groups in total. The number of sulfone groups is 1. The number of hydrogen-bond acceptors (Lipinski definition) is 5. The van der Waals surface area contributed by atoms with Gasteiger partial charge in [0.1, 0.15) is 11.1 Å². The maximum Gasteiger partial charge on any atom is 0.196 e. The zero-order valence-corrected chi connectivity index (χ0v) is 9.99. The summed E-state index contributed by atoms with van der Waals surface area (Å²) in [6.45, 7) is 1.13. The zero-order valence-electron chi connectivity index (χ0n) is 9.17. The minimum absolute atomic E-state index is 0.0901. The van der Waals surface area contributed by atoms with Crippen molar-refractivity contribution < 1.29 is 18.3 Å². The first kappa shape index (κ1) is 13.0. The maximum atomic E-state index is 11.8. The van der Waals surface area contributed by atoms with Gasteiger partial charge < -0.3 is 15.6 Å². The van der Waals surface area contributed by atoms with Gasteiger partial charge in [-0.3, -0.25) is 0 Å². The molecule has 0 aromatic heterocycles. The summed E-state index contributed by atoms with van der Waals surface area (Å²) in [5, 5.41) is 7.48. The molecule has 0 aliphatic heterocycles. The number of aryl methyl sites for hydroxylation is 1. The van der Waals surface area contributed by atoms with Gasteiger partial charge in [0.2, 0.25) is 0 Å². The minimum atomic E-state index is -3.66. The van der Waals surface area contributed by atoms with E-state index in [4.69, 9.17) is 15.6 Å². The number of benzene rings is 1. The Balaban J connectivity index is 3.21. The van der Waals surface area contributed by atoms with Gasteiger partial charge in [0.25, 0.3) is 0 Å². The van der Waals surface area contributed by atoms with Crippen LogP contribution in [0.3, 0.4) is 0 Å². The van der Waals surface area contributed by atoms with Crippen LogP contribution < -0.4 is 10.5 Å². The van der Waals surface area contributed by atoms with Crippen molar-refractivity contribution in [2.45, 2.75) is 17.2 Å². The number of aliphatic hydroxyl groups excluding tert-OH is 1. The maximum absolute atomic E-state index is 11.8. The molecule has 5 nitrogen and oxygen atoms in total. The van der Waals surface area contributed by atoms with Gasteiger partial charge in [0, 0.05) is 0 Å². The van der Waals surface area contributed by atoms with Crippen LogP contribution in [-0.4, -0.2) is 32.6 Å². The monoisotopic (exact) mass is 245 g/mol. The highest BCUT2D eigenvalue weighted by atomic mass is 32.2. The second kappa shape index (κ2) is 4.82. The quantitative estimate of drug-likeness (QED) is 0.782. The highest BCUT2D eigenvalue weighted by Gasteiger charge is 2.23. The molecule has 0 fully saturated rings. The van der Waals surface area contributed by atoms with E-state index in [1.807, 2.05) is 0 Å². The molecule has 1 aromatic rings. The Kier molecular flexibility index (Phi) is 3.90. The predicted octanol–water partition coefficient (Wildman–Crippen LogP) is 0.0544. The smallest absolute Gasteiger partial charge is 0.196 e. The average molecular weight is 245 g/mol. The molecule has 0 saturated carbocycles. The summed E-state index contributed by atoms with van der Waals surface area (Å²) in [6.07, 6.45) is 0. The summed E-state index contributed by atoms with van der Waals surface area (Å²) in [4.78, 5) is 0.0901. The molecule has 1 aromatic carbocycles. The Morgan fingerprint density at radius 1 is 1.50 bits per heavy atom. The predicted molar refractivity (Wildman–Crippen MR) is 60.0 cm³/mol. The highest BCUT2D eigenvalue weighted by molar-refractivity contribution is 7.92. The standard InChI is InChI=1S/C10H15NO4S/c1-7-5-8(3-4-9(7)15-2)16(13,14)10(11)6-12/h3-5,10,12H,6,11H2,1-2H3. The lowest BCUT2D eigenvalue weighted by Gasteiger charge is -2.12. The van der Waals surface area contributed by atoms with Gasteiger partial charge in [-0.1, -0.05) is 0 Å². The van der Waals surface area contributed by atoms with Gasteiger partial charge in [-0.25, -0.2) is 8.42 Å². The first-order chi connectivity index (χ1) is 7.43. The van der Waals surface area contributed by atoms with Gasteiger partial charge in [-0.05, 0) is 30.7 Å². The van der Waals surface area contributed by atoms with Crippen LogP contribution >= 0.6 is 0 Å². The molecule has 1 atom stereocenters. The Labute approximate surface area is 94.8 Å². The van der Waals surface area contributed by atoms with Crippen LogP contribution in [0.15, 0.2) is 23.1 Å². The topological polar surface area (TPSA) is 89.6 Å². The Morgan fingerprint density at radius 2 is 2.12 bits per heavy atom. The largest absolute Gasteiger partial charge is 0.496 e. The molecule has 0 bridgehead atoms. The molecule has 0 heterocycles. The summed E-state index contributed by atoms with van der Waals surface area (Å²) in [6, 6.07) is 4.45. The van der Waals surface area contributed by atoms with E-state index in [0.717, 1.165) is 0 Å². The molecular weight excluding hydrogens is 230 g/mol. The van der Waals surface area contributed by atoms with E-state index in [0.29, 0.717) is 11.3 Å². The Hall–Kier alpha value is -1.11. The van der Waals surface area contributed by atoms with Gasteiger partial charge in [0.15, 0.2) is 9.84 Å². The van der Waals surface area contributed by atoms with Gasteiger partial charge in [-0.15, -0.1) is 0 Å². The minimum Gasteiger partial charge on any atom is -0.496 e. The van der Waals surface area contributed by atoms with E-state index in [2.05, 4.69) is 0 Å². The number of aliphatic hydroxyl groups is 1. The van der Waals surface area contributed by atoms with Crippen LogP contribution in [0.5, 0.6) is 5.75 Å². The SMILES string of the molecule is COc1ccc(S(=O)(=O)C(N)CO)cc1C. The van der Waals surface area contributed by atoms with E-state index >= 15 is 0 Å². The van der Waals surface area contributed by atoms with Crippen molar-refractivity contribution in [2.75, 3.05) is 13.7 Å². The third kappa shape index (κ3) is 2.34. The molecule has 0 radical (unpaired) electrons. The van der Waals surface area contributed by atoms with E-state index in [1.165, 1.54) is 19.2 Å². The molecule has 0 aliphatic rings. The van der Waals surface area contributed by atoms with Crippen molar-refractivity contribution in [2.24, 2.45) is 5.73 Å². The molecule has 1 unspecified atom stereocenters. The van der Waals surface area contributed by atoms with Crippen LogP contribution in [0.25, 0.3) is 0 Å². The van der Waals surface area contributed by atoms with Crippen molar-refractivity contribution in [1.82, 2.24) is 0 Å². The number of nitrogens with two attached hydrogens (primary N) is 1. The fraction of sp³-hybridized carbons (Fsp3) is 0.400. The third-order valence-corrected chi connectivity index (χ3v) is 4.13. The van der Waals surface area contributed by atoms with Crippen LogP contribution in [0.2, 0.25) is 0 Å². The Morgan fingerprint density at radius 3 is 2.56 bits per heavy atom. The number of rotatable bonds is 4. The molecule has 0 saturated heterocycles. The number of methoxy groups -OCH3 is 1. The first-order valence-electron chi connectivity index (χ1n) is 4.68. The normalized spacial score (nSPS) is 13.5. The zero-order chi connectivity index (χ0) is 12.3. The first-order valence-corrected chi connectivity index (χ1v) is 6.23. The molecule has 1 rings (SSSR count). The van der Waals surface area contributed by atoms with Crippen molar-refractivity contribution in [3.8, 4) is 5.75 Å². The fourth-order valence-electron chi connectivity index (χ4n) is 1.30. The summed E-state index contributed by atoms with van der Waals surface area (Å²) < 4.78 is 28.6. The summed E-state index contributed by atoms with van der Waals surface area (Å²) in [7, 11) is -2.15. The summed E-state index contributed by atoms with van der Waals surface area (Å²) in [5.74, 6) is 0.608. The van der Waals surface area contributed by atoms with Crippen molar-refractivity contribution in [1.29, 1.82) is 0 Å². The number of ether oxygens (including phenoxy) is 1. The third-order valence-electron chi connectivity index (χ3n) is 2.27. The lowest BCUT2D eigenvalue weighted by molar-refractivity contribution is 0.292. The highest BCUT2D eigenvalue weighted by Crippen LogP contribution is 2.22. The van der Waals surface area contributed by atoms with E-state index in [1.54, 1.807) is 13.0 Å². The summed E-state index contributed by atoms with van der Waals surface area (Å²) >= 11 is 0. The fourth-order valence-corrected chi connectivity index (χ4v) is 2.45. The van der Waals surface area contributed by atoms with Crippen LogP contribution in [0, 0.1) is 6.92 Å².